The smallest absolute Gasteiger partial charge is 0.323 e. The number of nitrogens with two attached hydrogens (primary N) is 1. The van der Waals surface area contributed by atoms with Gasteiger partial charge in [-0.3, -0.25) is 19.2 Å². The minimum Gasteiger partial charge on any atom is -0.461 e. The molecule has 1 unspecified atom stereocenters. The van der Waals surface area contributed by atoms with E-state index < -0.39 is 30.1 Å². The van der Waals surface area contributed by atoms with Gasteiger partial charge in [-0.2, -0.15) is 0 Å². The van der Waals surface area contributed by atoms with Gasteiger partial charge in [0.2, 0.25) is 0 Å². The van der Waals surface area contributed by atoms with Crippen LogP contribution in [0.2, 0.25) is 0 Å². The van der Waals surface area contributed by atoms with E-state index in [1.54, 1.807) is 19.9 Å². The molecule has 0 spiro atoms. The Morgan fingerprint density at radius 1 is 0.833 bits per heavy atom. The third-order valence-electron chi connectivity index (χ3n) is 5.16. The molecule has 0 aromatic heterocycles. The van der Waals surface area contributed by atoms with Crippen LogP contribution in [0.5, 0.6) is 11.5 Å². The van der Waals surface area contributed by atoms with Gasteiger partial charge in [0, 0.05) is 12.8 Å². The molecule has 0 saturated carbocycles. The van der Waals surface area contributed by atoms with Crippen LogP contribution in [0.4, 0.5) is 0 Å². The van der Waals surface area contributed by atoms with Crippen LogP contribution < -0.4 is 15.2 Å². The molecule has 0 heterocycles. The fraction of sp³-hybridized carbons (Fsp3) is 0.630. The van der Waals surface area contributed by atoms with Crippen molar-refractivity contribution in [2.45, 2.75) is 86.3 Å². The van der Waals surface area contributed by atoms with Gasteiger partial charge in [0.15, 0.2) is 11.5 Å². The molecule has 0 bridgehead atoms. The zero-order valence-electron chi connectivity index (χ0n) is 22.5. The quantitative estimate of drug-likeness (QED) is 0.293. The van der Waals surface area contributed by atoms with Crippen LogP contribution in [0.15, 0.2) is 18.2 Å². The molecule has 36 heavy (non-hydrogen) atoms. The Bertz CT molecular complexity index is 896. The van der Waals surface area contributed by atoms with E-state index in [0.29, 0.717) is 12.0 Å². The Morgan fingerprint density at radius 2 is 1.39 bits per heavy atom. The van der Waals surface area contributed by atoms with Crippen molar-refractivity contribution in [1.29, 1.82) is 0 Å². The van der Waals surface area contributed by atoms with Crippen molar-refractivity contribution in [2.24, 2.45) is 23.5 Å². The van der Waals surface area contributed by atoms with Crippen molar-refractivity contribution in [3.8, 4) is 11.5 Å². The highest BCUT2D eigenvalue weighted by Gasteiger charge is 2.22. The predicted octanol–water partition coefficient (Wildman–Crippen LogP) is 3.98. The van der Waals surface area contributed by atoms with Crippen LogP contribution in [0.3, 0.4) is 0 Å². The Balaban J connectivity index is 2.86. The number of carbonyl (C=O) groups excluding carboxylic acids is 4. The molecule has 0 aliphatic carbocycles. The van der Waals surface area contributed by atoms with E-state index in [1.165, 1.54) is 12.1 Å². The SMILES string of the molecule is CCC(C)C(=O)O[C@@H](C)COC(=O)[C@@H](N)Cc1ccc(OC(=O)CC(C)C)c(OC(=O)CC(C)C)c1. The van der Waals surface area contributed by atoms with E-state index in [4.69, 9.17) is 24.7 Å². The summed E-state index contributed by atoms with van der Waals surface area (Å²) < 4.78 is 21.3. The molecular formula is C27H41NO8. The predicted molar refractivity (Wildman–Crippen MR) is 134 cm³/mol. The standard InChI is InChI=1S/C27H41NO8/c1-8-18(6)26(31)34-19(7)15-33-27(32)21(28)13-20-9-10-22(35-24(29)11-16(2)3)23(14-20)36-25(30)12-17(4)5/h9-10,14,16-19,21H,8,11-13,15,28H2,1-7H3/t18?,19-,21-/m0/s1. The maximum Gasteiger partial charge on any atom is 0.323 e. The van der Waals surface area contributed by atoms with Gasteiger partial charge in [-0.15, -0.1) is 0 Å². The summed E-state index contributed by atoms with van der Waals surface area (Å²) in [5.41, 5.74) is 6.61. The van der Waals surface area contributed by atoms with E-state index in [1.807, 2.05) is 34.6 Å². The van der Waals surface area contributed by atoms with Gasteiger partial charge < -0.3 is 24.7 Å². The molecule has 9 nitrogen and oxygen atoms in total. The minimum absolute atomic E-state index is 0.0846. The Hall–Kier alpha value is -2.94. The van der Waals surface area contributed by atoms with Gasteiger partial charge in [-0.1, -0.05) is 47.6 Å². The van der Waals surface area contributed by atoms with Gasteiger partial charge in [0.25, 0.3) is 0 Å². The molecule has 0 aliphatic heterocycles. The summed E-state index contributed by atoms with van der Waals surface area (Å²) in [5.74, 6) is -1.75. The summed E-state index contributed by atoms with van der Waals surface area (Å²) in [6.45, 7) is 12.7. The van der Waals surface area contributed by atoms with Crippen molar-refractivity contribution in [1.82, 2.24) is 0 Å². The number of hydrogen-bond acceptors (Lipinski definition) is 9. The first-order valence-electron chi connectivity index (χ1n) is 12.5. The lowest BCUT2D eigenvalue weighted by atomic mass is 10.1. The van der Waals surface area contributed by atoms with E-state index >= 15 is 0 Å². The summed E-state index contributed by atoms with van der Waals surface area (Å²) in [5, 5.41) is 0. The monoisotopic (exact) mass is 507 g/mol. The zero-order valence-corrected chi connectivity index (χ0v) is 22.5. The second kappa shape index (κ2) is 15.2. The average Bonchev–Trinajstić information content (AvgIpc) is 2.77. The molecule has 1 rings (SSSR count). The minimum atomic E-state index is -1.00. The topological polar surface area (TPSA) is 131 Å². The van der Waals surface area contributed by atoms with Gasteiger partial charge in [-0.25, -0.2) is 0 Å². The van der Waals surface area contributed by atoms with Crippen molar-refractivity contribution in [3.63, 3.8) is 0 Å². The molecule has 0 amide bonds. The number of esters is 4. The second-order valence-electron chi connectivity index (χ2n) is 9.92. The Labute approximate surface area is 214 Å². The lowest BCUT2D eigenvalue weighted by Crippen LogP contribution is -2.36. The van der Waals surface area contributed by atoms with Crippen LogP contribution in [0, 0.1) is 17.8 Å². The molecule has 3 atom stereocenters. The maximum absolute atomic E-state index is 12.4. The first-order chi connectivity index (χ1) is 16.8. The third-order valence-corrected chi connectivity index (χ3v) is 5.16. The highest BCUT2D eigenvalue weighted by atomic mass is 16.6. The van der Waals surface area contributed by atoms with E-state index in [0.717, 1.165) is 0 Å². The fourth-order valence-electron chi connectivity index (χ4n) is 3.00. The van der Waals surface area contributed by atoms with Crippen molar-refractivity contribution in [3.05, 3.63) is 23.8 Å². The molecule has 0 aliphatic rings. The molecule has 1 aromatic rings. The summed E-state index contributed by atoms with van der Waals surface area (Å²) >= 11 is 0. The average molecular weight is 508 g/mol. The number of ether oxygens (including phenoxy) is 4. The van der Waals surface area contributed by atoms with Crippen molar-refractivity contribution >= 4 is 23.9 Å². The van der Waals surface area contributed by atoms with Crippen LogP contribution in [-0.2, 0) is 35.1 Å². The zero-order chi connectivity index (χ0) is 27.4. The Morgan fingerprint density at radius 3 is 1.92 bits per heavy atom. The fourth-order valence-corrected chi connectivity index (χ4v) is 3.00. The second-order valence-corrected chi connectivity index (χ2v) is 9.92. The first-order valence-corrected chi connectivity index (χ1v) is 12.5. The number of hydrogen-bond donors (Lipinski definition) is 1. The largest absolute Gasteiger partial charge is 0.461 e. The summed E-state index contributed by atoms with van der Waals surface area (Å²) in [4.78, 5) is 48.7. The Kier molecular flexibility index (Phi) is 13.2. The third kappa shape index (κ3) is 11.7. The van der Waals surface area contributed by atoms with E-state index in [2.05, 4.69) is 0 Å². The van der Waals surface area contributed by atoms with Crippen molar-refractivity contribution < 1.29 is 38.1 Å². The number of benzene rings is 1. The molecule has 0 saturated heterocycles. The molecule has 1 aromatic carbocycles. The van der Waals surface area contributed by atoms with E-state index in [-0.39, 0.29) is 61.1 Å². The lowest BCUT2D eigenvalue weighted by Gasteiger charge is -2.18. The van der Waals surface area contributed by atoms with Crippen LogP contribution in [0.25, 0.3) is 0 Å². The highest BCUT2D eigenvalue weighted by Crippen LogP contribution is 2.30. The summed E-state index contributed by atoms with van der Waals surface area (Å²) in [6.07, 6.45) is 0.544. The normalized spacial score (nSPS) is 13.6. The van der Waals surface area contributed by atoms with Crippen LogP contribution in [-0.4, -0.2) is 42.6 Å². The number of carbonyl (C=O) groups is 4. The van der Waals surface area contributed by atoms with E-state index in [9.17, 15) is 19.2 Å². The van der Waals surface area contributed by atoms with Gasteiger partial charge in [0.05, 0.1) is 5.92 Å². The summed E-state index contributed by atoms with van der Waals surface area (Å²) in [7, 11) is 0. The number of rotatable bonds is 14. The molecular weight excluding hydrogens is 466 g/mol. The molecule has 0 fully saturated rings. The lowest BCUT2D eigenvalue weighted by molar-refractivity contribution is -0.161. The van der Waals surface area contributed by atoms with Crippen LogP contribution in [0.1, 0.15) is 73.3 Å². The molecule has 2 N–H and O–H groups in total. The molecule has 0 radical (unpaired) electrons. The maximum atomic E-state index is 12.4. The van der Waals surface area contributed by atoms with Gasteiger partial charge in [-0.05, 0) is 49.3 Å². The highest BCUT2D eigenvalue weighted by molar-refractivity contribution is 5.77. The molecule has 202 valence electrons. The molecule has 9 heteroatoms. The summed E-state index contributed by atoms with van der Waals surface area (Å²) in [6, 6.07) is 3.68. The van der Waals surface area contributed by atoms with Crippen molar-refractivity contribution in [2.75, 3.05) is 6.61 Å². The first kappa shape index (κ1) is 31.1. The van der Waals surface area contributed by atoms with Crippen LogP contribution >= 0.6 is 0 Å². The van der Waals surface area contributed by atoms with Gasteiger partial charge in [0.1, 0.15) is 18.8 Å². The van der Waals surface area contributed by atoms with Gasteiger partial charge >= 0.3 is 23.9 Å².